The summed E-state index contributed by atoms with van der Waals surface area (Å²) < 4.78 is 0. The summed E-state index contributed by atoms with van der Waals surface area (Å²) in [6.45, 7) is 6.14. The predicted molar refractivity (Wildman–Crippen MR) is 64.1 cm³/mol. The van der Waals surface area contributed by atoms with Gasteiger partial charge < -0.3 is 10.8 Å². The van der Waals surface area contributed by atoms with Crippen molar-refractivity contribution in [1.82, 2.24) is 0 Å². The minimum Gasteiger partial charge on any atom is -0.396 e. The first-order chi connectivity index (χ1) is 5.97. The number of nitrogens with two attached hydrogens (primary N) is 1. The molecule has 0 saturated carbocycles. The topological polar surface area (TPSA) is 46.2 Å². The summed E-state index contributed by atoms with van der Waals surface area (Å²) in [6.07, 6.45) is 0. The van der Waals surface area contributed by atoms with Gasteiger partial charge in [0.1, 0.15) is 0 Å². The molecule has 1 atom stereocenters. The fraction of sp³-hybridized carbons (Fsp3) is 0.600. The summed E-state index contributed by atoms with van der Waals surface area (Å²) in [5, 5.41) is 9.16. The molecule has 0 unspecified atom stereocenters. The van der Waals surface area contributed by atoms with E-state index in [0.717, 1.165) is 4.88 Å². The first kappa shape index (κ1) is 13.9. The number of thiophene rings is 1. The molecule has 1 heterocycles. The molecule has 82 valence electrons. The summed E-state index contributed by atoms with van der Waals surface area (Å²) >= 11 is 1.70. The molecule has 2 nitrogen and oxygen atoms in total. The molecule has 1 rings (SSSR count). The zero-order valence-electron chi connectivity index (χ0n) is 8.78. The molecule has 1 aromatic heterocycles. The van der Waals surface area contributed by atoms with Crippen LogP contribution in [0.3, 0.4) is 0 Å². The van der Waals surface area contributed by atoms with Gasteiger partial charge in [-0.05, 0) is 19.1 Å². The Balaban J connectivity index is 0.00000169. The molecule has 14 heavy (non-hydrogen) atoms. The third-order valence-electron chi connectivity index (χ3n) is 2.32. The zero-order valence-corrected chi connectivity index (χ0v) is 10.4. The van der Waals surface area contributed by atoms with Gasteiger partial charge in [0.25, 0.3) is 0 Å². The van der Waals surface area contributed by atoms with E-state index in [4.69, 9.17) is 10.8 Å². The fourth-order valence-electron chi connectivity index (χ4n) is 1.10. The maximum absolute atomic E-state index is 9.16. The lowest BCUT2D eigenvalue weighted by Crippen LogP contribution is -2.31. The highest BCUT2D eigenvalue weighted by atomic mass is 35.5. The molecule has 0 radical (unpaired) electrons. The smallest absolute Gasteiger partial charge is 0.0500 e. The van der Waals surface area contributed by atoms with E-state index in [1.54, 1.807) is 11.3 Å². The predicted octanol–water partition coefficient (Wildman–Crippen LogP) is 2.50. The number of rotatable bonds is 3. The Bertz CT molecular complexity index is 285. The average Bonchev–Trinajstić information content (AvgIpc) is 2.50. The van der Waals surface area contributed by atoms with E-state index in [1.807, 2.05) is 19.9 Å². The van der Waals surface area contributed by atoms with Crippen LogP contribution >= 0.6 is 23.7 Å². The fourth-order valence-corrected chi connectivity index (χ4v) is 2.19. The maximum atomic E-state index is 9.16. The third kappa shape index (κ3) is 2.95. The lowest BCUT2D eigenvalue weighted by molar-refractivity contribution is 0.133. The van der Waals surface area contributed by atoms with Gasteiger partial charge in [0.05, 0.1) is 6.61 Å². The lowest BCUT2D eigenvalue weighted by Gasteiger charge is -2.28. The first-order valence-corrected chi connectivity index (χ1v) is 5.22. The SMILES string of the molecule is Cc1ccc([C@H](N)C(C)(C)CO)s1.Cl. The van der Waals surface area contributed by atoms with Crippen LogP contribution in [-0.2, 0) is 0 Å². The van der Waals surface area contributed by atoms with Crippen LogP contribution in [0.5, 0.6) is 0 Å². The molecular formula is C10H18ClNOS. The monoisotopic (exact) mass is 235 g/mol. The highest BCUT2D eigenvalue weighted by Crippen LogP contribution is 2.34. The van der Waals surface area contributed by atoms with Gasteiger partial charge in [-0.25, -0.2) is 0 Å². The Morgan fingerprint density at radius 1 is 1.50 bits per heavy atom. The first-order valence-electron chi connectivity index (χ1n) is 4.40. The summed E-state index contributed by atoms with van der Waals surface area (Å²) in [7, 11) is 0. The van der Waals surface area contributed by atoms with Crippen molar-refractivity contribution in [3.8, 4) is 0 Å². The normalized spacial score (nSPS) is 13.5. The third-order valence-corrected chi connectivity index (χ3v) is 3.40. The highest BCUT2D eigenvalue weighted by Gasteiger charge is 2.27. The van der Waals surface area contributed by atoms with Gasteiger partial charge in [0.15, 0.2) is 0 Å². The van der Waals surface area contributed by atoms with Crippen molar-refractivity contribution in [2.24, 2.45) is 11.1 Å². The van der Waals surface area contributed by atoms with Crippen LogP contribution < -0.4 is 5.73 Å². The Morgan fingerprint density at radius 2 is 2.07 bits per heavy atom. The second-order valence-electron chi connectivity index (χ2n) is 4.07. The molecule has 0 saturated heterocycles. The minimum atomic E-state index is -0.239. The van der Waals surface area contributed by atoms with Crippen molar-refractivity contribution < 1.29 is 5.11 Å². The van der Waals surface area contributed by atoms with Gasteiger partial charge in [-0.1, -0.05) is 13.8 Å². The number of hydrogen-bond acceptors (Lipinski definition) is 3. The molecular weight excluding hydrogens is 218 g/mol. The number of aliphatic hydroxyl groups excluding tert-OH is 1. The molecule has 4 heteroatoms. The Labute approximate surface area is 95.5 Å². The van der Waals surface area contributed by atoms with Crippen molar-refractivity contribution >= 4 is 23.7 Å². The van der Waals surface area contributed by atoms with E-state index in [1.165, 1.54) is 4.88 Å². The highest BCUT2D eigenvalue weighted by molar-refractivity contribution is 7.12. The number of aryl methyl sites for hydroxylation is 1. The van der Waals surface area contributed by atoms with Crippen molar-refractivity contribution in [2.45, 2.75) is 26.8 Å². The van der Waals surface area contributed by atoms with Crippen LogP contribution in [0.25, 0.3) is 0 Å². The van der Waals surface area contributed by atoms with Crippen LogP contribution in [0.1, 0.15) is 29.6 Å². The summed E-state index contributed by atoms with van der Waals surface area (Å²) in [5.74, 6) is 0. The van der Waals surface area contributed by atoms with E-state index in [-0.39, 0.29) is 30.5 Å². The number of halogens is 1. The Hall–Kier alpha value is -0.0900. The standard InChI is InChI=1S/C10H17NOS.ClH/c1-7-4-5-8(13-7)9(11)10(2,3)6-12;/h4-5,9,12H,6,11H2,1-3H3;1H/t9-;/m0./s1. The summed E-state index contributed by atoms with van der Waals surface area (Å²) in [6, 6.07) is 4.03. The second-order valence-corrected chi connectivity index (χ2v) is 5.39. The van der Waals surface area contributed by atoms with Crippen molar-refractivity contribution in [3.63, 3.8) is 0 Å². The molecule has 0 amide bonds. The molecule has 0 aliphatic rings. The minimum absolute atomic E-state index is 0. The molecule has 0 aliphatic heterocycles. The van der Waals surface area contributed by atoms with E-state index < -0.39 is 0 Å². The van der Waals surface area contributed by atoms with E-state index >= 15 is 0 Å². The van der Waals surface area contributed by atoms with Crippen LogP contribution in [0, 0.1) is 12.3 Å². The van der Waals surface area contributed by atoms with Gasteiger partial charge >= 0.3 is 0 Å². The van der Waals surface area contributed by atoms with Crippen molar-refractivity contribution in [1.29, 1.82) is 0 Å². The van der Waals surface area contributed by atoms with Gasteiger partial charge in [-0.15, -0.1) is 23.7 Å². The molecule has 3 N–H and O–H groups in total. The van der Waals surface area contributed by atoms with Gasteiger partial charge in [-0.3, -0.25) is 0 Å². The molecule has 0 fully saturated rings. The molecule has 0 aliphatic carbocycles. The molecule has 0 spiro atoms. The molecule has 0 bridgehead atoms. The van der Waals surface area contributed by atoms with Crippen molar-refractivity contribution in [2.75, 3.05) is 6.61 Å². The maximum Gasteiger partial charge on any atom is 0.0500 e. The van der Waals surface area contributed by atoms with Crippen LogP contribution in [-0.4, -0.2) is 11.7 Å². The van der Waals surface area contributed by atoms with Crippen LogP contribution in [0.4, 0.5) is 0 Å². The summed E-state index contributed by atoms with van der Waals surface area (Å²) in [5.41, 5.74) is 5.81. The summed E-state index contributed by atoms with van der Waals surface area (Å²) in [4.78, 5) is 2.41. The van der Waals surface area contributed by atoms with Gasteiger partial charge in [0, 0.05) is 21.2 Å². The largest absolute Gasteiger partial charge is 0.396 e. The Morgan fingerprint density at radius 3 is 2.43 bits per heavy atom. The molecule has 0 aromatic carbocycles. The van der Waals surface area contributed by atoms with Gasteiger partial charge in [-0.2, -0.15) is 0 Å². The van der Waals surface area contributed by atoms with E-state index in [2.05, 4.69) is 13.0 Å². The Kier molecular flexibility index (Phi) is 5.09. The second kappa shape index (κ2) is 5.12. The van der Waals surface area contributed by atoms with E-state index in [0.29, 0.717) is 0 Å². The van der Waals surface area contributed by atoms with Crippen molar-refractivity contribution in [3.05, 3.63) is 21.9 Å². The van der Waals surface area contributed by atoms with E-state index in [9.17, 15) is 0 Å². The number of hydrogen-bond donors (Lipinski definition) is 2. The average molecular weight is 236 g/mol. The van der Waals surface area contributed by atoms with Gasteiger partial charge in [0.2, 0.25) is 0 Å². The van der Waals surface area contributed by atoms with Crippen LogP contribution in [0.2, 0.25) is 0 Å². The zero-order chi connectivity index (χ0) is 10.1. The van der Waals surface area contributed by atoms with Crippen LogP contribution in [0.15, 0.2) is 12.1 Å². The lowest BCUT2D eigenvalue weighted by atomic mass is 9.85. The molecule has 1 aromatic rings. The quantitative estimate of drug-likeness (QED) is 0.846. The number of aliphatic hydroxyl groups is 1.